The van der Waals surface area contributed by atoms with Gasteiger partial charge in [-0.05, 0) is 40.8 Å². The van der Waals surface area contributed by atoms with Crippen LogP contribution in [0, 0.1) is 3.57 Å². The Morgan fingerprint density at radius 1 is 1.26 bits per heavy atom. The third-order valence-electron chi connectivity index (χ3n) is 2.22. The molecule has 2 aromatic rings. The number of anilines is 4. The summed E-state index contributed by atoms with van der Waals surface area (Å²) in [5, 5.41) is 3.63. The van der Waals surface area contributed by atoms with Crippen molar-refractivity contribution in [1.82, 2.24) is 15.0 Å². The quantitative estimate of drug-likeness (QED) is 0.784. The van der Waals surface area contributed by atoms with Gasteiger partial charge in [-0.2, -0.15) is 15.0 Å². The molecular formula is C11H12ClIN6. The van der Waals surface area contributed by atoms with Crippen LogP contribution < -0.4 is 16.0 Å². The van der Waals surface area contributed by atoms with Gasteiger partial charge in [0.25, 0.3) is 0 Å². The first kappa shape index (κ1) is 14.1. The summed E-state index contributed by atoms with van der Waals surface area (Å²) in [6.45, 7) is 0. The predicted octanol–water partition coefficient (Wildman–Crippen LogP) is 2.52. The van der Waals surface area contributed by atoms with Gasteiger partial charge in [0.05, 0.1) is 10.7 Å². The van der Waals surface area contributed by atoms with Gasteiger partial charge in [0, 0.05) is 17.7 Å². The summed E-state index contributed by atoms with van der Waals surface area (Å²) in [4.78, 5) is 14.0. The van der Waals surface area contributed by atoms with Gasteiger partial charge < -0.3 is 16.0 Å². The number of benzene rings is 1. The average molecular weight is 391 g/mol. The molecule has 1 heterocycles. The first-order valence-electron chi connectivity index (χ1n) is 5.36. The molecule has 19 heavy (non-hydrogen) atoms. The van der Waals surface area contributed by atoms with Crippen LogP contribution in [-0.4, -0.2) is 29.0 Å². The Morgan fingerprint density at radius 3 is 2.63 bits per heavy atom. The molecule has 6 nitrogen and oxygen atoms in total. The van der Waals surface area contributed by atoms with Crippen molar-refractivity contribution < 1.29 is 0 Å². The van der Waals surface area contributed by atoms with Crippen LogP contribution in [0.3, 0.4) is 0 Å². The van der Waals surface area contributed by atoms with Crippen molar-refractivity contribution in [3.8, 4) is 0 Å². The van der Waals surface area contributed by atoms with E-state index >= 15 is 0 Å². The highest BCUT2D eigenvalue weighted by Crippen LogP contribution is 2.26. The number of rotatable bonds is 3. The van der Waals surface area contributed by atoms with E-state index in [2.05, 4.69) is 42.9 Å². The maximum absolute atomic E-state index is 6.14. The summed E-state index contributed by atoms with van der Waals surface area (Å²) in [5.41, 5.74) is 6.37. The summed E-state index contributed by atoms with van der Waals surface area (Å²) in [5.74, 6) is 0.999. The zero-order valence-electron chi connectivity index (χ0n) is 10.4. The van der Waals surface area contributed by atoms with Crippen LogP contribution >= 0.6 is 34.2 Å². The largest absolute Gasteiger partial charge is 0.368 e. The third kappa shape index (κ3) is 3.57. The van der Waals surface area contributed by atoms with Crippen LogP contribution in [0.2, 0.25) is 5.02 Å². The van der Waals surface area contributed by atoms with E-state index in [-0.39, 0.29) is 5.95 Å². The van der Waals surface area contributed by atoms with Crippen LogP contribution in [0.15, 0.2) is 18.2 Å². The maximum atomic E-state index is 6.14. The number of nitrogens with one attached hydrogen (secondary N) is 1. The second kappa shape index (κ2) is 5.74. The van der Waals surface area contributed by atoms with E-state index in [1.54, 1.807) is 4.90 Å². The van der Waals surface area contributed by atoms with E-state index in [1.165, 1.54) is 0 Å². The molecule has 1 aromatic heterocycles. The molecule has 0 aliphatic heterocycles. The monoisotopic (exact) mass is 390 g/mol. The number of hydrogen-bond acceptors (Lipinski definition) is 6. The zero-order chi connectivity index (χ0) is 14.0. The van der Waals surface area contributed by atoms with Gasteiger partial charge in [0.15, 0.2) is 0 Å². The summed E-state index contributed by atoms with van der Waals surface area (Å²) >= 11 is 8.33. The third-order valence-corrected chi connectivity index (χ3v) is 3.20. The first-order valence-corrected chi connectivity index (χ1v) is 6.82. The summed E-state index contributed by atoms with van der Waals surface area (Å²) < 4.78 is 1.05. The van der Waals surface area contributed by atoms with E-state index in [1.807, 2.05) is 32.3 Å². The lowest BCUT2D eigenvalue weighted by molar-refractivity contribution is 0.969. The Kier molecular flexibility index (Phi) is 4.25. The fourth-order valence-electron chi connectivity index (χ4n) is 1.35. The number of nitrogens with two attached hydrogens (primary N) is 1. The lowest BCUT2D eigenvalue weighted by Crippen LogP contribution is -2.15. The van der Waals surface area contributed by atoms with Crippen molar-refractivity contribution in [2.75, 3.05) is 30.0 Å². The van der Waals surface area contributed by atoms with E-state index in [4.69, 9.17) is 17.3 Å². The summed E-state index contributed by atoms with van der Waals surface area (Å²) in [7, 11) is 3.66. The molecule has 1 aromatic carbocycles. The van der Waals surface area contributed by atoms with Gasteiger partial charge in [-0.3, -0.25) is 0 Å². The fraction of sp³-hybridized carbons (Fsp3) is 0.182. The minimum atomic E-state index is 0.155. The van der Waals surface area contributed by atoms with Crippen LogP contribution in [0.4, 0.5) is 23.5 Å². The number of aromatic nitrogens is 3. The van der Waals surface area contributed by atoms with Gasteiger partial charge in [-0.1, -0.05) is 11.6 Å². The number of nitrogen functional groups attached to an aromatic ring is 1. The zero-order valence-corrected chi connectivity index (χ0v) is 13.3. The standard InChI is InChI=1S/C11H12ClIN6/c1-19(2)11-17-9(14)16-10(18-11)15-8-4-3-6(13)5-7(8)12/h3-5H,1-2H3,(H3,14,15,16,17,18). The second-order valence-corrected chi connectivity index (χ2v) is 5.61. The highest BCUT2D eigenvalue weighted by Gasteiger charge is 2.08. The molecule has 0 amide bonds. The molecule has 0 atom stereocenters. The molecular weight excluding hydrogens is 379 g/mol. The summed E-state index contributed by atoms with van der Waals surface area (Å²) in [6, 6.07) is 5.65. The molecule has 0 radical (unpaired) electrons. The van der Waals surface area contributed by atoms with Crippen LogP contribution in [-0.2, 0) is 0 Å². The molecule has 2 rings (SSSR count). The molecule has 8 heteroatoms. The second-order valence-electron chi connectivity index (χ2n) is 3.96. The SMILES string of the molecule is CN(C)c1nc(N)nc(Nc2ccc(I)cc2Cl)n1. The molecule has 0 unspecified atom stereocenters. The molecule has 3 N–H and O–H groups in total. The van der Waals surface area contributed by atoms with Gasteiger partial charge in [-0.15, -0.1) is 0 Å². The minimum Gasteiger partial charge on any atom is -0.368 e. The van der Waals surface area contributed by atoms with Gasteiger partial charge in [-0.25, -0.2) is 0 Å². The van der Waals surface area contributed by atoms with Crippen molar-refractivity contribution in [2.24, 2.45) is 0 Å². The van der Waals surface area contributed by atoms with E-state index in [0.29, 0.717) is 16.9 Å². The molecule has 0 fully saturated rings. The van der Waals surface area contributed by atoms with Crippen molar-refractivity contribution in [3.05, 3.63) is 26.8 Å². The Morgan fingerprint density at radius 2 is 2.00 bits per heavy atom. The van der Waals surface area contributed by atoms with E-state index in [0.717, 1.165) is 9.26 Å². The maximum Gasteiger partial charge on any atom is 0.233 e. The molecule has 0 aliphatic carbocycles. The summed E-state index contributed by atoms with van der Waals surface area (Å²) in [6.07, 6.45) is 0. The van der Waals surface area contributed by atoms with Crippen molar-refractivity contribution >= 4 is 57.7 Å². The fourth-order valence-corrected chi connectivity index (χ4v) is 2.25. The molecule has 0 bridgehead atoms. The van der Waals surface area contributed by atoms with Gasteiger partial charge in [0.1, 0.15) is 0 Å². The normalized spacial score (nSPS) is 10.3. The molecule has 0 saturated heterocycles. The Balaban J connectivity index is 2.32. The van der Waals surface area contributed by atoms with E-state index in [9.17, 15) is 0 Å². The first-order chi connectivity index (χ1) is 8.95. The highest BCUT2D eigenvalue weighted by molar-refractivity contribution is 14.1. The molecule has 0 saturated carbocycles. The minimum absolute atomic E-state index is 0.155. The lowest BCUT2D eigenvalue weighted by Gasteiger charge is -2.12. The molecule has 0 spiro atoms. The predicted molar refractivity (Wildman–Crippen MR) is 86.0 cm³/mol. The molecule has 100 valence electrons. The van der Waals surface area contributed by atoms with Crippen LogP contribution in [0.25, 0.3) is 0 Å². The van der Waals surface area contributed by atoms with Crippen molar-refractivity contribution in [1.29, 1.82) is 0 Å². The highest BCUT2D eigenvalue weighted by atomic mass is 127. The van der Waals surface area contributed by atoms with Crippen molar-refractivity contribution in [2.45, 2.75) is 0 Å². The Labute approximate surface area is 129 Å². The lowest BCUT2D eigenvalue weighted by atomic mass is 10.3. The van der Waals surface area contributed by atoms with Gasteiger partial charge >= 0.3 is 0 Å². The molecule has 0 aliphatic rings. The van der Waals surface area contributed by atoms with Gasteiger partial charge in [0.2, 0.25) is 17.8 Å². The number of nitrogens with zero attached hydrogens (tertiary/aromatic N) is 4. The van der Waals surface area contributed by atoms with Crippen LogP contribution in [0.1, 0.15) is 0 Å². The smallest absolute Gasteiger partial charge is 0.233 e. The Hall–Kier alpha value is -1.35. The van der Waals surface area contributed by atoms with Crippen LogP contribution in [0.5, 0.6) is 0 Å². The Bertz CT molecular complexity index is 604. The van der Waals surface area contributed by atoms with Crippen molar-refractivity contribution in [3.63, 3.8) is 0 Å². The van der Waals surface area contributed by atoms with E-state index < -0.39 is 0 Å². The number of hydrogen-bond donors (Lipinski definition) is 2. The number of halogens is 2. The average Bonchev–Trinajstić information content (AvgIpc) is 2.32. The topological polar surface area (TPSA) is 80.0 Å².